The van der Waals surface area contributed by atoms with Crippen molar-refractivity contribution in [2.24, 2.45) is 0 Å². The van der Waals surface area contributed by atoms with Crippen molar-refractivity contribution in [1.29, 1.82) is 0 Å². The maximum Gasteiger partial charge on any atom is 0.572 e. The lowest BCUT2D eigenvalue weighted by molar-refractivity contribution is -0.0540. The number of ether oxygens (including phenoxy) is 1. The molecule has 1 N–H and O–H groups in total. The number of benzene rings is 3. The molecule has 0 amide bonds. The molecule has 0 unspecified atom stereocenters. The van der Waals surface area contributed by atoms with E-state index in [-0.39, 0.29) is 0 Å². The van der Waals surface area contributed by atoms with Gasteiger partial charge in [0, 0.05) is 0 Å². The van der Waals surface area contributed by atoms with Crippen molar-refractivity contribution in [2.45, 2.75) is 20.2 Å². The third kappa shape index (κ3) is 4.12. The lowest BCUT2D eigenvalue weighted by Gasteiger charge is -2.34. The van der Waals surface area contributed by atoms with Gasteiger partial charge in [-0.05, 0) is 48.5 Å². The smallest absolute Gasteiger partial charge is 0.497 e. The Balaban J connectivity index is 2.36. The van der Waals surface area contributed by atoms with E-state index in [1.807, 2.05) is 0 Å². The number of alkyl halides is 3. The first-order valence-corrected chi connectivity index (χ1v) is 11.4. The van der Waals surface area contributed by atoms with E-state index in [2.05, 4.69) is 3.63 Å². The van der Waals surface area contributed by atoms with Crippen LogP contribution in [0.25, 0.3) is 0 Å². The molecule has 154 valence electrons. The highest BCUT2D eigenvalue weighted by Gasteiger charge is 2.57. The van der Waals surface area contributed by atoms with Gasteiger partial charge in [-0.2, -0.15) is 13.2 Å². The average Bonchev–Trinajstić information content (AvgIpc) is 2.72. The molecule has 3 aromatic carbocycles. The summed E-state index contributed by atoms with van der Waals surface area (Å²) in [5.74, 6) is 0.488. The fraction of sp³-hybridized carbons (Fsp3) is 0.100. The maximum absolute atomic E-state index is 13.3. The van der Waals surface area contributed by atoms with Crippen LogP contribution in [0.3, 0.4) is 0 Å². The summed E-state index contributed by atoms with van der Waals surface area (Å²) in [6.07, 6.45) is 0. The van der Waals surface area contributed by atoms with Gasteiger partial charge in [0.05, 0.1) is 32.1 Å². The molecule has 0 aliphatic rings. The average molecular weight is 443 g/mol. The van der Waals surface area contributed by atoms with Gasteiger partial charge < -0.3 is 4.74 Å². The van der Waals surface area contributed by atoms with Crippen molar-refractivity contribution in [1.82, 2.24) is 0 Å². The number of hydrogen-bond acceptors (Lipinski definition) is 3. The van der Waals surface area contributed by atoms with Gasteiger partial charge in [0.2, 0.25) is 0 Å². The fourth-order valence-corrected chi connectivity index (χ4v) is 7.73. The summed E-state index contributed by atoms with van der Waals surface area (Å²) in [5, 5.41) is 0. The quantitative estimate of drug-likeness (QED) is 0.273. The number of hydrogen-bond donors (Lipinski definition) is 0. The van der Waals surface area contributed by atoms with Gasteiger partial charge in [-0.25, -0.2) is 0 Å². The number of methoxy groups -OCH3 is 1. The minimum Gasteiger partial charge on any atom is -0.497 e. The topological polar surface area (TPSA) is 56.2 Å². The van der Waals surface area contributed by atoms with Crippen LogP contribution in [0.15, 0.2) is 99.6 Å². The monoisotopic (exact) mass is 443 g/mol. The third-order valence-electron chi connectivity index (χ3n) is 4.07. The summed E-state index contributed by atoms with van der Waals surface area (Å²) >= 11 is 0. The highest BCUT2D eigenvalue weighted by Crippen LogP contribution is 2.68. The molecule has 0 atom stereocenters. The lowest BCUT2D eigenvalue weighted by atomic mass is 10.3. The van der Waals surface area contributed by atoms with Crippen LogP contribution < -0.4 is 4.74 Å². The van der Waals surface area contributed by atoms with Crippen molar-refractivity contribution in [3.63, 3.8) is 0 Å². The minimum absolute atomic E-state index is 0.337. The molecular weight excluding hydrogens is 425 g/mol. The molecule has 0 bridgehead atoms. The first-order chi connectivity index (χ1) is 13.7. The zero-order chi connectivity index (χ0) is 21.1. The van der Waals surface area contributed by atoms with E-state index in [0.29, 0.717) is 20.4 Å². The molecule has 9 heteroatoms. The third-order valence-corrected chi connectivity index (χ3v) is 9.20. The number of rotatable bonds is 6. The highest BCUT2D eigenvalue weighted by atomic mass is 32.3. The maximum atomic E-state index is 13.3. The predicted octanol–water partition coefficient (Wildman–Crippen LogP) is 5.84. The minimum atomic E-state index is -5.78. The molecule has 0 fully saturated rings. The van der Waals surface area contributed by atoms with Gasteiger partial charge in [0.1, 0.15) is 5.75 Å². The predicted molar refractivity (Wildman–Crippen MR) is 106 cm³/mol. The van der Waals surface area contributed by atoms with Crippen LogP contribution in [0.1, 0.15) is 0 Å². The molecule has 4 nitrogen and oxygen atoms in total. The van der Waals surface area contributed by atoms with E-state index in [4.69, 9.17) is 4.74 Å². The molecule has 3 rings (SSSR count). The van der Waals surface area contributed by atoms with E-state index < -0.39 is 25.9 Å². The molecule has 29 heavy (non-hydrogen) atoms. The molecular formula is C20H18F3O4S2+. The summed E-state index contributed by atoms with van der Waals surface area (Å²) < 4.78 is 73.2. The van der Waals surface area contributed by atoms with Crippen molar-refractivity contribution in [3.05, 3.63) is 84.9 Å². The summed E-state index contributed by atoms with van der Waals surface area (Å²) in [6.45, 7) is 0. The fourth-order valence-electron chi connectivity index (χ4n) is 2.73. The Morgan fingerprint density at radius 3 is 1.52 bits per heavy atom. The molecule has 3 aromatic rings. The second kappa shape index (κ2) is 8.10. The summed E-state index contributed by atoms with van der Waals surface area (Å²) in [4.78, 5) is 1.07. The van der Waals surface area contributed by atoms with Crippen molar-refractivity contribution in [2.75, 3.05) is 7.11 Å². The van der Waals surface area contributed by atoms with E-state index in [1.54, 1.807) is 84.9 Å². The normalized spacial score (nSPS) is 13.1. The van der Waals surface area contributed by atoms with Crippen LogP contribution in [-0.4, -0.2) is 24.7 Å². The van der Waals surface area contributed by atoms with E-state index in [9.17, 15) is 21.6 Å². The first kappa shape index (κ1) is 21.2. The zero-order valence-corrected chi connectivity index (χ0v) is 16.8. The summed E-state index contributed by atoms with van der Waals surface area (Å²) in [5.41, 5.74) is -5.51. The Morgan fingerprint density at radius 1 is 0.724 bits per heavy atom. The summed E-state index contributed by atoms with van der Waals surface area (Å²) in [7, 11) is -7.46. The molecule has 0 spiro atoms. The molecule has 0 aliphatic carbocycles. The van der Waals surface area contributed by atoms with Gasteiger partial charge in [-0.3, -0.25) is 3.63 Å². The van der Waals surface area contributed by atoms with Gasteiger partial charge in [0.15, 0.2) is 0 Å². The Morgan fingerprint density at radius 2 is 1.14 bits per heavy atom. The van der Waals surface area contributed by atoms with Gasteiger partial charge in [-0.15, -0.1) is 8.42 Å². The van der Waals surface area contributed by atoms with Crippen molar-refractivity contribution >= 4 is 20.4 Å². The summed E-state index contributed by atoms with van der Waals surface area (Å²) in [6, 6.07) is 22.5. The molecule has 0 saturated heterocycles. The largest absolute Gasteiger partial charge is 0.572 e. The van der Waals surface area contributed by atoms with E-state index in [1.165, 1.54) is 7.11 Å². The SMILES string of the molecule is COc1ccc(S([OH+]S(=O)(=O)C(F)(F)F)(c2ccccc2)c2ccccc2)cc1. The van der Waals surface area contributed by atoms with E-state index >= 15 is 0 Å². The van der Waals surface area contributed by atoms with Gasteiger partial charge in [0.25, 0.3) is 0 Å². The van der Waals surface area contributed by atoms with Crippen LogP contribution in [0.4, 0.5) is 13.2 Å². The van der Waals surface area contributed by atoms with Gasteiger partial charge >= 0.3 is 15.6 Å². The lowest BCUT2D eigenvalue weighted by Crippen LogP contribution is -2.30. The van der Waals surface area contributed by atoms with Crippen LogP contribution in [0.2, 0.25) is 0 Å². The molecule has 0 aromatic heterocycles. The van der Waals surface area contributed by atoms with Crippen LogP contribution in [0.5, 0.6) is 5.75 Å². The Kier molecular flexibility index (Phi) is 5.92. The number of halogens is 3. The molecule has 0 aliphatic heterocycles. The second-order valence-electron chi connectivity index (χ2n) is 5.88. The first-order valence-electron chi connectivity index (χ1n) is 8.34. The molecule has 0 radical (unpaired) electrons. The van der Waals surface area contributed by atoms with Gasteiger partial charge in [-0.1, -0.05) is 36.4 Å². The Hall–Kier alpha value is -2.49. The second-order valence-corrected chi connectivity index (χ2v) is 10.5. The van der Waals surface area contributed by atoms with Crippen LogP contribution >= 0.6 is 10.3 Å². The standard InChI is InChI=1S/C20H17F3O4S2/c1-26-16-12-14-19(15-13-16)28(17-8-4-2-5-9-17,18-10-6-3-7-11-18)27-29(24,25)20(21,22)23/h2-15H,1H3/p+1. The Bertz CT molecular complexity index is 1010. The Labute approximate surface area is 168 Å². The van der Waals surface area contributed by atoms with Crippen molar-refractivity contribution in [3.8, 4) is 5.75 Å². The van der Waals surface area contributed by atoms with Crippen LogP contribution in [-0.2, 0) is 10.1 Å². The highest BCUT2D eigenvalue weighted by molar-refractivity contribution is 8.32. The zero-order valence-electron chi connectivity index (χ0n) is 15.2. The molecule has 0 saturated carbocycles. The van der Waals surface area contributed by atoms with Crippen molar-refractivity contribution < 1.29 is 30.0 Å². The van der Waals surface area contributed by atoms with Crippen LogP contribution in [0, 0.1) is 0 Å². The molecule has 0 heterocycles. The van der Waals surface area contributed by atoms with E-state index in [0.717, 1.165) is 0 Å².